The first-order valence-electron chi connectivity index (χ1n) is 11.3. The molecule has 0 radical (unpaired) electrons. The van der Waals surface area contributed by atoms with Gasteiger partial charge in [-0.25, -0.2) is 13.9 Å². The molecule has 38 heavy (non-hydrogen) atoms. The van der Waals surface area contributed by atoms with Gasteiger partial charge in [-0.15, -0.1) is 0 Å². The highest BCUT2D eigenvalue weighted by Gasteiger charge is 2.35. The van der Waals surface area contributed by atoms with E-state index in [0.717, 1.165) is 6.07 Å². The average molecular weight is 524 g/mol. The topological polar surface area (TPSA) is 86.3 Å². The van der Waals surface area contributed by atoms with Crippen LogP contribution in [0.4, 0.5) is 23.4 Å². The third kappa shape index (κ3) is 4.92. The van der Waals surface area contributed by atoms with Crippen LogP contribution in [0.3, 0.4) is 0 Å². The predicted molar refractivity (Wildman–Crippen MR) is 130 cm³/mol. The van der Waals surface area contributed by atoms with Crippen molar-refractivity contribution in [3.8, 4) is 17.0 Å². The number of anilines is 1. The van der Waals surface area contributed by atoms with E-state index in [1.807, 2.05) is 0 Å². The molecule has 1 N–H and O–H groups in total. The molecule has 0 saturated heterocycles. The molecule has 2 aromatic carbocycles. The number of amides is 1. The summed E-state index contributed by atoms with van der Waals surface area (Å²) < 4.78 is 62.9. The minimum Gasteiger partial charge on any atom is -0.497 e. The molecule has 0 spiro atoms. The highest BCUT2D eigenvalue weighted by molar-refractivity contribution is 6.03. The van der Waals surface area contributed by atoms with Crippen molar-refractivity contribution in [2.24, 2.45) is 0 Å². The molecule has 0 fully saturated rings. The van der Waals surface area contributed by atoms with Crippen LogP contribution < -0.4 is 10.1 Å². The van der Waals surface area contributed by atoms with Crippen LogP contribution in [0.25, 0.3) is 16.9 Å². The number of nitrogens with one attached hydrogen (secondary N) is 1. The van der Waals surface area contributed by atoms with Gasteiger partial charge in [-0.2, -0.15) is 23.4 Å². The van der Waals surface area contributed by atoms with E-state index in [1.165, 1.54) is 23.9 Å². The molecule has 0 bridgehead atoms. The van der Waals surface area contributed by atoms with Crippen LogP contribution in [-0.2, 0) is 12.7 Å². The molecule has 0 aliphatic carbocycles. The van der Waals surface area contributed by atoms with Gasteiger partial charge in [0.05, 0.1) is 19.3 Å². The van der Waals surface area contributed by atoms with Crippen molar-refractivity contribution in [3.63, 3.8) is 0 Å². The van der Waals surface area contributed by atoms with Crippen LogP contribution in [0.5, 0.6) is 5.75 Å². The molecular weight excluding hydrogens is 504 g/mol. The minimum atomic E-state index is -4.76. The summed E-state index contributed by atoms with van der Waals surface area (Å²) in [5.74, 6) is -0.477. The fourth-order valence-electron chi connectivity index (χ4n) is 3.90. The molecule has 194 valence electrons. The van der Waals surface area contributed by atoms with Gasteiger partial charge < -0.3 is 10.1 Å². The number of benzene rings is 2. The number of fused-ring (bicyclic) bond motifs is 1. The first-order chi connectivity index (χ1) is 18.1. The lowest BCUT2D eigenvalue weighted by molar-refractivity contribution is -0.142. The number of methoxy groups -OCH3 is 1. The molecule has 8 nitrogen and oxygen atoms in total. The standard InChI is InChI=1S/C26H20F4N6O2/c1-15-11-23(34-35(15)14-17-5-3-4-6-19(17)27)32-25(37)21-13-24-31-20(16-7-9-18(38-2)10-8-16)12-22(26(28,29)30)36(24)33-21/h3-13H,14H2,1-2H3,(H,32,34,37). The molecule has 0 aliphatic rings. The summed E-state index contributed by atoms with van der Waals surface area (Å²) >= 11 is 0. The monoisotopic (exact) mass is 524 g/mol. The van der Waals surface area contributed by atoms with Crippen LogP contribution in [0.1, 0.15) is 27.4 Å². The second-order valence-electron chi connectivity index (χ2n) is 8.43. The highest BCUT2D eigenvalue weighted by atomic mass is 19.4. The number of aromatic nitrogens is 5. The third-order valence-electron chi connectivity index (χ3n) is 5.84. The van der Waals surface area contributed by atoms with Gasteiger partial charge in [-0.1, -0.05) is 18.2 Å². The van der Waals surface area contributed by atoms with Crippen molar-refractivity contribution in [2.75, 3.05) is 12.4 Å². The molecule has 5 rings (SSSR count). The normalized spacial score (nSPS) is 11.6. The van der Waals surface area contributed by atoms with Crippen molar-refractivity contribution in [2.45, 2.75) is 19.6 Å². The van der Waals surface area contributed by atoms with Crippen molar-refractivity contribution >= 4 is 17.4 Å². The molecule has 0 unspecified atom stereocenters. The lowest BCUT2D eigenvalue weighted by Gasteiger charge is -2.11. The Morgan fingerprint density at radius 2 is 1.76 bits per heavy atom. The van der Waals surface area contributed by atoms with Crippen LogP contribution in [0.15, 0.2) is 66.7 Å². The zero-order valence-electron chi connectivity index (χ0n) is 20.1. The third-order valence-corrected chi connectivity index (χ3v) is 5.84. The number of carbonyl (C=O) groups is 1. The van der Waals surface area contributed by atoms with Gasteiger partial charge in [0.25, 0.3) is 5.91 Å². The smallest absolute Gasteiger partial charge is 0.433 e. The van der Waals surface area contributed by atoms with E-state index in [-0.39, 0.29) is 35.2 Å². The molecule has 1 amide bonds. The van der Waals surface area contributed by atoms with E-state index in [2.05, 4.69) is 20.5 Å². The van der Waals surface area contributed by atoms with Crippen LogP contribution in [0, 0.1) is 12.7 Å². The highest BCUT2D eigenvalue weighted by Crippen LogP contribution is 2.33. The molecule has 5 aromatic rings. The Hall–Kier alpha value is -4.74. The zero-order valence-corrected chi connectivity index (χ0v) is 20.1. The maximum absolute atomic E-state index is 14.0. The molecule has 0 aliphatic heterocycles. The number of carbonyl (C=O) groups excluding carboxylic acids is 1. The number of aryl methyl sites for hydroxylation is 1. The average Bonchev–Trinajstić information content (AvgIpc) is 3.47. The summed E-state index contributed by atoms with van der Waals surface area (Å²) in [7, 11) is 1.48. The molecule has 3 aromatic heterocycles. The number of halogens is 4. The van der Waals surface area contributed by atoms with Gasteiger partial charge in [0, 0.05) is 29.0 Å². The second-order valence-corrected chi connectivity index (χ2v) is 8.43. The summed E-state index contributed by atoms with van der Waals surface area (Å²) in [5.41, 5.74) is 0.0217. The van der Waals surface area contributed by atoms with E-state index in [4.69, 9.17) is 4.74 Å². The van der Waals surface area contributed by atoms with Gasteiger partial charge in [0.2, 0.25) is 0 Å². The van der Waals surface area contributed by atoms with Crippen LogP contribution >= 0.6 is 0 Å². The Balaban J connectivity index is 1.45. The Labute approximate surface area is 213 Å². The lowest BCUT2D eigenvalue weighted by atomic mass is 10.1. The van der Waals surface area contributed by atoms with Crippen molar-refractivity contribution in [1.29, 1.82) is 0 Å². The fourth-order valence-corrected chi connectivity index (χ4v) is 3.90. The summed E-state index contributed by atoms with van der Waals surface area (Å²) in [6, 6.07) is 16.2. The largest absolute Gasteiger partial charge is 0.497 e. The van der Waals surface area contributed by atoms with E-state index in [1.54, 1.807) is 55.5 Å². The van der Waals surface area contributed by atoms with Crippen molar-refractivity contribution < 1.29 is 27.1 Å². The van der Waals surface area contributed by atoms with E-state index < -0.39 is 17.8 Å². The molecule has 3 heterocycles. The predicted octanol–water partition coefficient (Wildman–Crippen LogP) is 5.37. The van der Waals surface area contributed by atoms with Crippen molar-refractivity contribution in [3.05, 3.63) is 95.2 Å². The molecular formula is C26H20F4N6O2. The number of alkyl halides is 3. The molecule has 0 atom stereocenters. The SMILES string of the molecule is COc1ccc(-c2cc(C(F)(F)F)n3nc(C(=O)Nc4cc(C)n(Cc5ccccc5F)n4)cc3n2)cc1. The second kappa shape index (κ2) is 9.61. The van der Waals surface area contributed by atoms with E-state index >= 15 is 0 Å². The Kier molecular flexibility index (Phi) is 6.31. The Morgan fingerprint density at radius 1 is 1.03 bits per heavy atom. The van der Waals surface area contributed by atoms with Gasteiger partial charge in [0.1, 0.15) is 11.6 Å². The van der Waals surface area contributed by atoms with E-state index in [0.29, 0.717) is 27.1 Å². The Bertz CT molecular complexity index is 1640. The summed E-state index contributed by atoms with van der Waals surface area (Å²) in [6.45, 7) is 1.87. The molecule has 0 saturated carbocycles. The summed E-state index contributed by atoms with van der Waals surface area (Å²) in [5, 5.41) is 10.7. The van der Waals surface area contributed by atoms with Gasteiger partial charge in [0.15, 0.2) is 22.9 Å². The van der Waals surface area contributed by atoms with Gasteiger partial charge in [-0.3, -0.25) is 9.48 Å². The first kappa shape index (κ1) is 24.9. The lowest BCUT2D eigenvalue weighted by Crippen LogP contribution is -2.16. The maximum atomic E-state index is 14.0. The van der Waals surface area contributed by atoms with Gasteiger partial charge in [-0.05, 0) is 43.3 Å². The quantitative estimate of drug-likeness (QED) is 0.302. The number of hydrogen-bond donors (Lipinski definition) is 1. The summed E-state index contributed by atoms with van der Waals surface area (Å²) in [6.07, 6.45) is -4.76. The number of hydrogen-bond acceptors (Lipinski definition) is 5. The van der Waals surface area contributed by atoms with Crippen molar-refractivity contribution in [1.82, 2.24) is 24.4 Å². The summed E-state index contributed by atoms with van der Waals surface area (Å²) in [4.78, 5) is 17.2. The van der Waals surface area contributed by atoms with Crippen LogP contribution in [-0.4, -0.2) is 37.4 Å². The molecule has 12 heteroatoms. The minimum absolute atomic E-state index is 0.0573. The number of nitrogens with zero attached hydrogens (tertiary/aromatic N) is 5. The zero-order chi connectivity index (χ0) is 27.0. The number of ether oxygens (including phenoxy) is 1. The fraction of sp³-hybridized carbons (Fsp3) is 0.154. The Morgan fingerprint density at radius 3 is 2.45 bits per heavy atom. The van der Waals surface area contributed by atoms with Gasteiger partial charge >= 0.3 is 6.18 Å². The first-order valence-corrected chi connectivity index (χ1v) is 11.3. The maximum Gasteiger partial charge on any atom is 0.433 e. The number of rotatable bonds is 6. The van der Waals surface area contributed by atoms with Crippen LogP contribution in [0.2, 0.25) is 0 Å². The van der Waals surface area contributed by atoms with E-state index in [9.17, 15) is 22.4 Å².